The van der Waals surface area contributed by atoms with Crippen molar-refractivity contribution >= 4 is 11.9 Å². The molecule has 1 aromatic carbocycles. The number of benzene rings is 1. The summed E-state index contributed by atoms with van der Waals surface area (Å²) in [5.41, 5.74) is 2.39. The van der Waals surface area contributed by atoms with Gasteiger partial charge in [0, 0.05) is 31.1 Å². The van der Waals surface area contributed by atoms with E-state index >= 15 is 0 Å². The molecule has 2 aliphatic carbocycles. The molecule has 184 valence electrons. The summed E-state index contributed by atoms with van der Waals surface area (Å²) >= 11 is 0. The van der Waals surface area contributed by atoms with Gasteiger partial charge in [-0.2, -0.15) is 9.97 Å². The molecule has 1 N–H and O–H groups in total. The van der Waals surface area contributed by atoms with E-state index in [-0.39, 0.29) is 5.91 Å². The van der Waals surface area contributed by atoms with Crippen LogP contribution in [0, 0.1) is 12.8 Å². The Morgan fingerprint density at radius 1 is 1.09 bits per heavy atom. The minimum atomic E-state index is -0.102. The molecule has 9 heteroatoms. The van der Waals surface area contributed by atoms with E-state index in [0.717, 1.165) is 36.8 Å². The van der Waals surface area contributed by atoms with Gasteiger partial charge < -0.3 is 24.1 Å². The lowest BCUT2D eigenvalue weighted by molar-refractivity contribution is 0.0749. The van der Waals surface area contributed by atoms with E-state index in [1.165, 1.54) is 0 Å². The molecule has 2 saturated carbocycles. The lowest BCUT2D eigenvalue weighted by Gasteiger charge is -2.22. The van der Waals surface area contributed by atoms with Crippen molar-refractivity contribution < 1.29 is 18.7 Å². The molecule has 2 aromatic heterocycles. The first-order valence-corrected chi connectivity index (χ1v) is 12.1. The monoisotopic (exact) mass is 477 g/mol. The third kappa shape index (κ3) is 5.55. The number of hydrogen-bond donors (Lipinski definition) is 1. The summed E-state index contributed by atoms with van der Waals surface area (Å²) in [5, 5.41) is 3.19. The highest BCUT2D eigenvalue weighted by molar-refractivity contribution is 5.98. The maximum atomic E-state index is 13.8. The van der Waals surface area contributed by atoms with Crippen LogP contribution in [0.4, 0.5) is 5.95 Å². The third-order valence-corrected chi connectivity index (χ3v) is 6.28. The smallest absolute Gasteiger partial charge is 0.276 e. The van der Waals surface area contributed by atoms with Crippen LogP contribution in [0.3, 0.4) is 0 Å². The van der Waals surface area contributed by atoms with Gasteiger partial charge >= 0.3 is 0 Å². The highest BCUT2D eigenvalue weighted by atomic mass is 16.5. The number of ether oxygens (including phenoxy) is 2. The number of oxazole rings is 1. The largest absolute Gasteiger partial charge is 0.481 e. The molecular formula is C26H31N5O4. The van der Waals surface area contributed by atoms with Gasteiger partial charge in [-0.3, -0.25) is 4.79 Å². The molecule has 0 spiro atoms. The van der Waals surface area contributed by atoms with Gasteiger partial charge in [0.15, 0.2) is 17.3 Å². The highest BCUT2D eigenvalue weighted by Gasteiger charge is 2.35. The minimum Gasteiger partial charge on any atom is -0.481 e. The predicted octanol–water partition coefficient (Wildman–Crippen LogP) is 4.30. The number of anilines is 1. The molecule has 0 saturated heterocycles. The predicted molar refractivity (Wildman–Crippen MR) is 131 cm³/mol. The summed E-state index contributed by atoms with van der Waals surface area (Å²) in [6.07, 6.45) is 4.40. The van der Waals surface area contributed by atoms with Crippen molar-refractivity contribution in [3.05, 3.63) is 47.5 Å². The van der Waals surface area contributed by atoms with Gasteiger partial charge in [-0.25, -0.2) is 4.98 Å². The third-order valence-electron chi connectivity index (χ3n) is 6.28. The van der Waals surface area contributed by atoms with E-state index in [0.29, 0.717) is 66.5 Å². The van der Waals surface area contributed by atoms with Gasteiger partial charge in [0.2, 0.25) is 17.7 Å². The zero-order valence-corrected chi connectivity index (χ0v) is 20.4. The van der Waals surface area contributed by atoms with Crippen LogP contribution in [-0.2, 0) is 0 Å². The first kappa shape index (κ1) is 23.1. The normalized spacial score (nSPS) is 15.1. The second-order valence-corrected chi connectivity index (χ2v) is 9.27. The lowest BCUT2D eigenvalue weighted by Crippen LogP contribution is -2.37. The van der Waals surface area contributed by atoms with Crippen molar-refractivity contribution in [2.24, 2.45) is 5.92 Å². The van der Waals surface area contributed by atoms with Gasteiger partial charge in [-0.15, -0.1) is 0 Å². The molecular weight excluding hydrogens is 446 g/mol. The Hall–Kier alpha value is -3.62. The van der Waals surface area contributed by atoms with E-state index in [4.69, 9.17) is 18.9 Å². The molecule has 35 heavy (non-hydrogen) atoms. The molecule has 0 aliphatic heterocycles. The number of aromatic nitrogens is 3. The van der Waals surface area contributed by atoms with Gasteiger partial charge in [0.1, 0.15) is 0 Å². The second-order valence-electron chi connectivity index (χ2n) is 9.27. The van der Waals surface area contributed by atoms with E-state index in [2.05, 4.69) is 15.3 Å². The van der Waals surface area contributed by atoms with Crippen molar-refractivity contribution in [2.75, 3.05) is 39.2 Å². The van der Waals surface area contributed by atoms with Gasteiger partial charge in [0.25, 0.3) is 5.91 Å². The first-order valence-electron chi connectivity index (χ1n) is 12.1. The van der Waals surface area contributed by atoms with Gasteiger partial charge in [0.05, 0.1) is 20.3 Å². The fourth-order valence-electron chi connectivity index (χ4n) is 4.00. The van der Waals surface area contributed by atoms with Crippen LogP contribution >= 0.6 is 0 Å². The van der Waals surface area contributed by atoms with Crippen molar-refractivity contribution in [2.45, 2.75) is 38.5 Å². The zero-order chi connectivity index (χ0) is 24.4. The molecule has 0 radical (unpaired) electrons. The minimum absolute atomic E-state index is 0.102. The summed E-state index contributed by atoms with van der Waals surface area (Å²) in [6, 6.07) is 9.63. The number of carbonyl (C=O) groups is 1. The summed E-state index contributed by atoms with van der Waals surface area (Å²) in [6.45, 7) is 3.69. The second kappa shape index (κ2) is 9.93. The van der Waals surface area contributed by atoms with Gasteiger partial charge in [-0.1, -0.05) is 23.8 Å². The summed E-state index contributed by atoms with van der Waals surface area (Å²) in [7, 11) is 3.09. The topological polar surface area (TPSA) is 103 Å². The Morgan fingerprint density at radius 2 is 1.83 bits per heavy atom. The number of aryl methyl sites for hydroxylation is 1. The molecule has 2 heterocycles. The fourth-order valence-corrected chi connectivity index (χ4v) is 4.00. The number of amides is 1. The SMILES string of the molecule is COc1cc(OC)nc(NCCN(CC2CC2)C(=O)c2nc(C3CC3)oc2-c2cccc(C)c2)n1. The summed E-state index contributed by atoms with van der Waals surface area (Å²) in [5.74, 6) is 3.18. The van der Waals surface area contributed by atoms with E-state index < -0.39 is 0 Å². The van der Waals surface area contributed by atoms with E-state index in [1.807, 2.05) is 36.1 Å². The average Bonchev–Trinajstić information content (AvgIpc) is 3.81. The maximum absolute atomic E-state index is 13.8. The van der Waals surface area contributed by atoms with Crippen LogP contribution in [0.25, 0.3) is 11.3 Å². The van der Waals surface area contributed by atoms with Crippen molar-refractivity contribution in [1.82, 2.24) is 19.9 Å². The first-order chi connectivity index (χ1) is 17.0. The fraction of sp³-hybridized carbons (Fsp3) is 0.462. The summed E-state index contributed by atoms with van der Waals surface area (Å²) < 4.78 is 16.6. The Kier molecular flexibility index (Phi) is 6.57. The molecule has 3 aromatic rings. The molecule has 2 aliphatic rings. The van der Waals surface area contributed by atoms with Crippen LogP contribution < -0.4 is 14.8 Å². The number of hydrogen-bond acceptors (Lipinski definition) is 8. The molecule has 0 atom stereocenters. The average molecular weight is 478 g/mol. The molecule has 2 fully saturated rings. The molecule has 0 bridgehead atoms. The maximum Gasteiger partial charge on any atom is 0.276 e. The number of nitrogens with one attached hydrogen (secondary N) is 1. The lowest BCUT2D eigenvalue weighted by atomic mass is 10.1. The standard InChI is InChI=1S/C26H31N5O4/c1-16-5-4-6-19(13-16)23-22(30-24(35-23)18-9-10-18)25(32)31(15-17-7-8-17)12-11-27-26-28-20(33-2)14-21(29-26)34-3/h4-6,13-14,17-18H,7-12,15H2,1-3H3,(H,27,28,29). The van der Waals surface area contributed by atoms with Crippen LogP contribution in [0.15, 0.2) is 34.7 Å². The molecule has 0 unspecified atom stereocenters. The highest BCUT2D eigenvalue weighted by Crippen LogP contribution is 2.42. The van der Waals surface area contributed by atoms with Crippen LogP contribution in [0.5, 0.6) is 11.8 Å². The molecule has 1 amide bonds. The Balaban J connectivity index is 1.36. The van der Waals surface area contributed by atoms with E-state index in [9.17, 15) is 4.79 Å². The van der Waals surface area contributed by atoms with Crippen LogP contribution in [0.2, 0.25) is 0 Å². The number of carbonyl (C=O) groups excluding carboxylic acids is 1. The quantitative estimate of drug-likeness (QED) is 0.436. The zero-order valence-electron chi connectivity index (χ0n) is 20.4. The van der Waals surface area contributed by atoms with Crippen LogP contribution in [-0.4, -0.2) is 59.6 Å². The number of rotatable bonds is 11. The van der Waals surface area contributed by atoms with Crippen molar-refractivity contribution in [3.8, 4) is 23.1 Å². The Morgan fingerprint density at radius 3 is 2.46 bits per heavy atom. The van der Waals surface area contributed by atoms with Crippen molar-refractivity contribution in [1.29, 1.82) is 0 Å². The molecule has 9 nitrogen and oxygen atoms in total. The summed E-state index contributed by atoms with van der Waals surface area (Å²) in [4.78, 5) is 29.0. The number of methoxy groups -OCH3 is 2. The Labute approximate surface area is 204 Å². The Bertz CT molecular complexity index is 1180. The van der Waals surface area contributed by atoms with Crippen molar-refractivity contribution in [3.63, 3.8) is 0 Å². The molecule has 5 rings (SSSR count). The van der Waals surface area contributed by atoms with Gasteiger partial charge in [-0.05, 0) is 44.6 Å². The van der Waals surface area contributed by atoms with Crippen LogP contribution in [0.1, 0.15) is 53.5 Å². The van der Waals surface area contributed by atoms with E-state index in [1.54, 1.807) is 20.3 Å². The number of nitrogens with zero attached hydrogens (tertiary/aromatic N) is 4.